The molecule has 0 fully saturated rings. The van der Waals surface area contributed by atoms with Gasteiger partial charge in [0.15, 0.2) is 11.5 Å². The molecular formula is C20H12BrF2N5O2S. The number of hydrogen-bond donors (Lipinski definition) is 1. The Balaban J connectivity index is 1.74. The van der Waals surface area contributed by atoms with Crippen molar-refractivity contribution in [3.05, 3.63) is 76.3 Å². The number of H-pyrrole nitrogens is 1. The molecule has 0 aliphatic heterocycles. The number of aromatic amines is 1. The number of benzene rings is 1. The molecule has 156 valence electrons. The van der Waals surface area contributed by atoms with Crippen molar-refractivity contribution >= 4 is 42.7 Å². The summed E-state index contributed by atoms with van der Waals surface area (Å²) in [6.07, 6.45) is 5.54. The first-order valence-corrected chi connectivity index (χ1v) is 10.9. The van der Waals surface area contributed by atoms with Gasteiger partial charge in [-0.15, -0.1) is 0 Å². The zero-order valence-corrected chi connectivity index (χ0v) is 18.2. The zero-order valence-electron chi connectivity index (χ0n) is 15.8. The summed E-state index contributed by atoms with van der Waals surface area (Å²) in [4.78, 5) is 7.78. The molecule has 1 N–H and O–H groups in total. The van der Waals surface area contributed by atoms with E-state index in [4.69, 9.17) is 0 Å². The summed E-state index contributed by atoms with van der Waals surface area (Å²) in [6, 6.07) is 5.00. The van der Waals surface area contributed by atoms with Gasteiger partial charge in [0.2, 0.25) is 0 Å². The number of halogens is 3. The number of nitrogens with one attached hydrogen (secondary N) is 1. The van der Waals surface area contributed by atoms with Crippen molar-refractivity contribution in [1.82, 2.24) is 20.2 Å². The van der Waals surface area contributed by atoms with Gasteiger partial charge in [0, 0.05) is 41.1 Å². The number of anilines is 1. The van der Waals surface area contributed by atoms with Gasteiger partial charge < -0.3 is 0 Å². The van der Waals surface area contributed by atoms with Crippen LogP contribution in [0, 0.1) is 23.5 Å². The van der Waals surface area contributed by atoms with Crippen molar-refractivity contribution in [2.24, 2.45) is 0 Å². The fourth-order valence-electron chi connectivity index (χ4n) is 2.76. The van der Waals surface area contributed by atoms with Crippen molar-refractivity contribution in [3.8, 4) is 11.8 Å². The Morgan fingerprint density at radius 3 is 2.68 bits per heavy atom. The Bertz CT molecular complexity index is 1480. The average Bonchev–Trinajstić information content (AvgIpc) is 3.21. The van der Waals surface area contributed by atoms with Gasteiger partial charge in [0.1, 0.15) is 10.7 Å². The number of fused-ring (bicyclic) bond motifs is 1. The third kappa shape index (κ3) is 3.99. The van der Waals surface area contributed by atoms with E-state index in [0.717, 1.165) is 22.6 Å². The highest BCUT2D eigenvalue weighted by molar-refractivity contribution is 9.10. The van der Waals surface area contributed by atoms with Crippen LogP contribution in [0.1, 0.15) is 11.1 Å². The molecular weight excluding hydrogens is 492 g/mol. The van der Waals surface area contributed by atoms with E-state index in [9.17, 15) is 12.8 Å². The molecule has 3 heterocycles. The van der Waals surface area contributed by atoms with Crippen LogP contribution in [0.25, 0.3) is 11.0 Å². The molecule has 0 radical (unpaired) electrons. The Morgan fingerprint density at radius 2 is 1.90 bits per heavy atom. The number of rotatable bonds is 3. The first-order chi connectivity index (χ1) is 14.8. The summed E-state index contributed by atoms with van der Waals surface area (Å²) < 4.78 is 56.3. The second kappa shape index (κ2) is 8.05. The number of pyridine rings is 2. The van der Waals surface area contributed by atoms with E-state index in [1.807, 2.05) is 0 Å². The largest absolute Gasteiger partial charge is 0.266 e. The van der Waals surface area contributed by atoms with E-state index in [-0.39, 0.29) is 10.6 Å². The molecule has 7 nitrogen and oxygen atoms in total. The Labute approximate surface area is 184 Å². The average molecular weight is 504 g/mol. The fraction of sp³-hybridized carbons (Fsp3) is 0.0500. The predicted molar refractivity (Wildman–Crippen MR) is 114 cm³/mol. The Hall–Kier alpha value is -3.36. The van der Waals surface area contributed by atoms with Gasteiger partial charge in [0.05, 0.1) is 17.4 Å². The minimum atomic E-state index is -4.14. The molecule has 0 amide bonds. The van der Waals surface area contributed by atoms with Crippen LogP contribution in [0.5, 0.6) is 0 Å². The molecule has 0 bridgehead atoms. The minimum Gasteiger partial charge on any atom is -0.266 e. The number of aromatic nitrogens is 4. The molecule has 0 saturated carbocycles. The maximum atomic E-state index is 15.1. The maximum absolute atomic E-state index is 15.1. The van der Waals surface area contributed by atoms with Crippen LogP contribution in [0.4, 0.5) is 14.5 Å². The normalized spacial score (nSPS) is 11.2. The van der Waals surface area contributed by atoms with Gasteiger partial charge >= 0.3 is 0 Å². The van der Waals surface area contributed by atoms with Crippen LogP contribution < -0.4 is 4.31 Å². The van der Waals surface area contributed by atoms with Gasteiger partial charge in [-0.2, -0.15) is 5.10 Å². The van der Waals surface area contributed by atoms with E-state index >= 15 is 4.39 Å². The van der Waals surface area contributed by atoms with Gasteiger partial charge in [-0.1, -0.05) is 11.8 Å². The molecule has 0 aliphatic carbocycles. The Morgan fingerprint density at radius 1 is 1.10 bits per heavy atom. The number of sulfonamides is 1. The first-order valence-electron chi connectivity index (χ1n) is 8.66. The maximum Gasteiger partial charge on any atom is 0.265 e. The van der Waals surface area contributed by atoms with Gasteiger partial charge in [0.25, 0.3) is 10.0 Å². The molecule has 0 saturated heterocycles. The Kier molecular flexibility index (Phi) is 5.43. The fourth-order valence-corrected chi connectivity index (χ4v) is 4.46. The lowest BCUT2D eigenvalue weighted by Crippen LogP contribution is -2.28. The van der Waals surface area contributed by atoms with E-state index in [1.165, 1.54) is 25.5 Å². The van der Waals surface area contributed by atoms with Crippen molar-refractivity contribution in [2.45, 2.75) is 4.90 Å². The SMILES string of the molecule is CN(c1ccc(F)c(C#Cc2cnc3[nH]ncc3c2)c1F)S(=O)(=O)c1cncc(Br)c1. The van der Waals surface area contributed by atoms with Crippen LogP contribution in [0.2, 0.25) is 0 Å². The molecule has 0 spiro atoms. The predicted octanol–water partition coefficient (Wildman–Crippen LogP) is 3.62. The lowest BCUT2D eigenvalue weighted by Gasteiger charge is -2.20. The van der Waals surface area contributed by atoms with Crippen molar-refractivity contribution in [3.63, 3.8) is 0 Å². The highest BCUT2D eigenvalue weighted by atomic mass is 79.9. The molecule has 31 heavy (non-hydrogen) atoms. The summed E-state index contributed by atoms with van der Waals surface area (Å²) in [5.41, 5.74) is 0.0614. The smallest absolute Gasteiger partial charge is 0.265 e. The van der Waals surface area contributed by atoms with Crippen LogP contribution in [-0.4, -0.2) is 35.6 Å². The zero-order chi connectivity index (χ0) is 22.2. The van der Waals surface area contributed by atoms with Crippen molar-refractivity contribution in [1.29, 1.82) is 0 Å². The quantitative estimate of drug-likeness (QED) is 0.431. The third-order valence-corrected chi connectivity index (χ3v) is 6.54. The molecule has 11 heteroatoms. The molecule has 0 atom stereocenters. The van der Waals surface area contributed by atoms with E-state index in [0.29, 0.717) is 21.1 Å². The summed E-state index contributed by atoms with van der Waals surface area (Å²) in [5.74, 6) is 3.07. The van der Waals surface area contributed by atoms with Gasteiger partial charge in [-0.3, -0.25) is 14.4 Å². The molecule has 4 aromatic rings. The second-order valence-electron chi connectivity index (χ2n) is 6.35. The van der Waals surface area contributed by atoms with Crippen LogP contribution in [-0.2, 0) is 10.0 Å². The number of hydrogen-bond acceptors (Lipinski definition) is 5. The summed E-state index contributed by atoms with van der Waals surface area (Å²) in [7, 11) is -2.97. The lowest BCUT2D eigenvalue weighted by molar-refractivity contribution is 0.572. The topological polar surface area (TPSA) is 91.8 Å². The standard InChI is InChI=1S/C20H12BrF2N5O2S/c1-28(31(29,30)15-7-14(21)10-24-11-15)18-5-4-17(22)16(19(18)23)3-2-12-6-13-9-26-27-20(13)25-8-12/h4-11H,1H3,(H,25,26,27). The van der Waals surface area contributed by atoms with Crippen LogP contribution in [0.3, 0.4) is 0 Å². The second-order valence-corrected chi connectivity index (χ2v) is 9.23. The van der Waals surface area contributed by atoms with Crippen molar-refractivity contribution < 1.29 is 17.2 Å². The van der Waals surface area contributed by atoms with Gasteiger partial charge in [-0.25, -0.2) is 22.2 Å². The number of nitrogens with zero attached hydrogens (tertiary/aromatic N) is 4. The highest BCUT2D eigenvalue weighted by Gasteiger charge is 2.26. The van der Waals surface area contributed by atoms with Crippen molar-refractivity contribution in [2.75, 3.05) is 11.4 Å². The molecule has 4 rings (SSSR count). The lowest BCUT2D eigenvalue weighted by atomic mass is 10.1. The van der Waals surface area contributed by atoms with E-state index in [2.05, 4.69) is 47.9 Å². The monoisotopic (exact) mass is 503 g/mol. The summed E-state index contributed by atoms with van der Waals surface area (Å²) in [5, 5.41) is 7.23. The molecule has 3 aromatic heterocycles. The van der Waals surface area contributed by atoms with Crippen LogP contribution in [0.15, 0.2) is 58.4 Å². The summed E-state index contributed by atoms with van der Waals surface area (Å²) >= 11 is 3.15. The molecule has 0 unspecified atom stereocenters. The highest BCUT2D eigenvalue weighted by Crippen LogP contribution is 2.28. The van der Waals surface area contributed by atoms with Crippen LogP contribution >= 0.6 is 15.9 Å². The van der Waals surface area contributed by atoms with E-state index in [1.54, 1.807) is 12.3 Å². The van der Waals surface area contributed by atoms with E-state index < -0.39 is 27.2 Å². The third-order valence-electron chi connectivity index (χ3n) is 4.37. The minimum absolute atomic E-state index is 0.153. The first kappa shape index (κ1) is 20.9. The molecule has 1 aromatic carbocycles. The summed E-state index contributed by atoms with van der Waals surface area (Å²) in [6.45, 7) is 0. The molecule has 0 aliphatic rings. The van der Waals surface area contributed by atoms with Gasteiger partial charge in [-0.05, 0) is 40.2 Å².